The third-order valence-corrected chi connectivity index (χ3v) is 4.06. The molecule has 6 heteroatoms. The number of nitrogens with one attached hydrogen (secondary N) is 1. The van der Waals surface area contributed by atoms with Gasteiger partial charge in [0.2, 0.25) is 0 Å². The SMILES string of the molecule is CN(C)c1ccc(CNC(=O)COC(=O)c2ccccc2Br)cc1. The molecule has 0 saturated heterocycles. The van der Waals surface area contributed by atoms with Crippen LogP contribution in [0, 0.1) is 0 Å². The number of anilines is 1. The lowest BCUT2D eigenvalue weighted by atomic mass is 10.2. The van der Waals surface area contributed by atoms with Crippen molar-refractivity contribution in [3.05, 3.63) is 64.1 Å². The Kier molecular flexibility index (Phi) is 6.37. The largest absolute Gasteiger partial charge is 0.452 e. The Morgan fingerprint density at radius 1 is 1.08 bits per heavy atom. The van der Waals surface area contributed by atoms with Crippen LogP contribution in [0.4, 0.5) is 5.69 Å². The molecule has 0 aliphatic carbocycles. The number of hydrogen-bond donors (Lipinski definition) is 1. The fourth-order valence-corrected chi connectivity index (χ4v) is 2.45. The van der Waals surface area contributed by atoms with Crippen LogP contribution in [0.1, 0.15) is 15.9 Å². The molecule has 2 rings (SSSR count). The van der Waals surface area contributed by atoms with Crippen molar-refractivity contribution in [1.29, 1.82) is 0 Å². The summed E-state index contributed by atoms with van der Waals surface area (Å²) in [6.07, 6.45) is 0. The van der Waals surface area contributed by atoms with Gasteiger partial charge >= 0.3 is 5.97 Å². The second kappa shape index (κ2) is 8.49. The van der Waals surface area contributed by atoms with Gasteiger partial charge in [0.05, 0.1) is 5.56 Å². The van der Waals surface area contributed by atoms with E-state index in [0.717, 1.165) is 11.3 Å². The number of esters is 1. The van der Waals surface area contributed by atoms with E-state index < -0.39 is 5.97 Å². The van der Waals surface area contributed by atoms with Gasteiger partial charge in [0.15, 0.2) is 6.61 Å². The maximum Gasteiger partial charge on any atom is 0.339 e. The summed E-state index contributed by atoms with van der Waals surface area (Å²) in [4.78, 5) is 25.7. The minimum absolute atomic E-state index is 0.310. The number of rotatable bonds is 6. The summed E-state index contributed by atoms with van der Waals surface area (Å²) in [7, 11) is 3.94. The van der Waals surface area contributed by atoms with E-state index in [2.05, 4.69) is 21.2 Å². The van der Waals surface area contributed by atoms with Gasteiger partial charge in [0, 0.05) is 30.8 Å². The zero-order valence-corrected chi connectivity index (χ0v) is 15.2. The lowest BCUT2D eigenvalue weighted by Crippen LogP contribution is -2.28. The van der Waals surface area contributed by atoms with Crippen molar-refractivity contribution in [2.45, 2.75) is 6.54 Å². The van der Waals surface area contributed by atoms with Gasteiger partial charge in [-0.15, -0.1) is 0 Å². The molecule has 5 nitrogen and oxygen atoms in total. The van der Waals surface area contributed by atoms with Crippen molar-refractivity contribution in [3.63, 3.8) is 0 Å². The van der Waals surface area contributed by atoms with E-state index in [9.17, 15) is 9.59 Å². The molecule has 2 aromatic carbocycles. The van der Waals surface area contributed by atoms with Gasteiger partial charge in [0.25, 0.3) is 5.91 Å². The van der Waals surface area contributed by atoms with Gasteiger partial charge in [-0.2, -0.15) is 0 Å². The van der Waals surface area contributed by atoms with E-state index >= 15 is 0 Å². The molecule has 0 saturated carbocycles. The molecular weight excluding hydrogens is 372 g/mol. The summed E-state index contributed by atoms with van der Waals surface area (Å²) in [5.74, 6) is -0.875. The van der Waals surface area contributed by atoms with E-state index in [1.165, 1.54) is 0 Å². The molecule has 0 fully saturated rings. The van der Waals surface area contributed by atoms with Gasteiger partial charge in [-0.1, -0.05) is 24.3 Å². The van der Waals surface area contributed by atoms with Gasteiger partial charge in [0.1, 0.15) is 0 Å². The number of carbonyl (C=O) groups excluding carboxylic acids is 2. The van der Waals surface area contributed by atoms with E-state index in [0.29, 0.717) is 16.6 Å². The molecule has 0 bridgehead atoms. The van der Waals surface area contributed by atoms with Crippen molar-refractivity contribution in [1.82, 2.24) is 5.32 Å². The van der Waals surface area contributed by atoms with Crippen LogP contribution in [0.15, 0.2) is 53.0 Å². The Morgan fingerprint density at radius 3 is 2.38 bits per heavy atom. The van der Waals surface area contributed by atoms with Gasteiger partial charge in [-0.3, -0.25) is 4.79 Å². The highest BCUT2D eigenvalue weighted by molar-refractivity contribution is 9.10. The summed E-state index contributed by atoms with van der Waals surface area (Å²) in [5.41, 5.74) is 2.46. The van der Waals surface area contributed by atoms with Crippen molar-refractivity contribution >= 4 is 33.5 Å². The quantitative estimate of drug-likeness (QED) is 0.770. The number of nitrogens with zero attached hydrogens (tertiary/aromatic N) is 1. The van der Waals surface area contributed by atoms with Crippen LogP contribution in [-0.4, -0.2) is 32.6 Å². The molecule has 0 atom stereocenters. The smallest absolute Gasteiger partial charge is 0.339 e. The maximum absolute atomic E-state index is 11.9. The molecule has 126 valence electrons. The van der Waals surface area contributed by atoms with Crippen molar-refractivity contribution in [2.24, 2.45) is 0 Å². The molecule has 0 heterocycles. The fraction of sp³-hybridized carbons (Fsp3) is 0.222. The standard InChI is InChI=1S/C18H19BrN2O3/c1-21(2)14-9-7-13(8-10-14)11-20-17(22)12-24-18(23)15-5-3-4-6-16(15)19/h3-10H,11-12H2,1-2H3,(H,20,22). The van der Waals surface area contributed by atoms with E-state index in [1.54, 1.807) is 24.3 Å². The Hall–Kier alpha value is -2.34. The minimum atomic E-state index is -0.534. The topological polar surface area (TPSA) is 58.6 Å². The molecule has 1 N–H and O–H groups in total. The first-order chi connectivity index (χ1) is 11.5. The Balaban J connectivity index is 1.79. The third kappa shape index (κ3) is 5.09. The first-order valence-electron chi connectivity index (χ1n) is 7.42. The molecule has 0 radical (unpaired) electrons. The lowest BCUT2D eigenvalue weighted by Gasteiger charge is -2.13. The first kappa shape index (κ1) is 18.0. The van der Waals surface area contributed by atoms with Crippen LogP contribution < -0.4 is 10.2 Å². The van der Waals surface area contributed by atoms with Gasteiger partial charge < -0.3 is 15.0 Å². The number of halogens is 1. The van der Waals surface area contributed by atoms with Crippen molar-refractivity contribution in [2.75, 3.05) is 25.6 Å². The molecular formula is C18H19BrN2O3. The number of ether oxygens (including phenoxy) is 1. The maximum atomic E-state index is 11.9. The normalized spacial score (nSPS) is 10.1. The van der Waals surface area contributed by atoms with Crippen LogP contribution >= 0.6 is 15.9 Å². The highest BCUT2D eigenvalue weighted by atomic mass is 79.9. The van der Waals surface area contributed by atoms with Crippen LogP contribution in [0.5, 0.6) is 0 Å². The molecule has 24 heavy (non-hydrogen) atoms. The summed E-state index contributed by atoms with van der Waals surface area (Å²) >= 11 is 3.28. The highest BCUT2D eigenvalue weighted by Gasteiger charge is 2.12. The molecule has 0 aromatic heterocycles. The predicted molar refractivity (Wildman–Crippen MR) is 97.0 cm³/mol. The monoisotopic (exact) mass is 390 g/mol. The summed E-state index contributed by atoms with van der Waals surface area (Å²) in [6, 6.07) is 14.8. The van der Waals surface area contributed by atoms with E-state index in [-0.39, 0.29) is 12.5 Å². The summed E-state index contributed by atoms with van der Waals surface area (Å²) in [6.45, 7) is 0.0784. The van der Waals surface area contributed by atoms with Crippen molar-refractivity contribution in [3.8, 4) is 0 Å². The molecule has 1 amide bonds. The van der Waals surface area contributed by atoms with Crippen LogP contribution in [0.3, 0.4) is 0 Å². The zero-order chi connectivity index (χ0) is 17.5. The minimum Gasteiger partial charge on any atom is -0.452 e. The summed E-state index contributed by atoms with van der Waals surface area (Å²) < 4.78 is 5.66. The van der Waals surface area contributed by atoms with E-state index in [4.69, 9.17) is 4.74 Å². The Labute approximate surface area is 149 Å². The summed E-state index contributed by atoms with van der Waals surface area (Å²) in [5, 5.41) is 2.73. The second-order valence-electron chi connectivity index (χ2n) is 5.39. The molecule has 0 unspecified atom stereocenters. The second-order valence-corrected chi connectivity index (χ2v) is 6.25. The highest BCUT2D eigenvalue weighted by Crippen LogP contribution is 2.16. The first-order valence-corrected chi connectivity index (χ1v) is 8.21. The average molecular weight is 391 g/mol. The Morgan fingerprint density at radius 2 is 1.75 bits per heavy atom. The Bertz CT molecular complexity index is 714. The predicted octanol–water partition coefficient (Wildman–Crippen LogP) is 2.99. The average Bonchev–Trinajstić information content (AvgIpc) is 2.58. The molecule has 0 spiro atoms. The van der Waals surface area contributed by atoms with Crippen LogP contribution in [0.25, 0.3) is 0 Å². The van der Waals surface area contributed by atoms with Crippen LogP contribution in [-0.2, 0) is 16.1 Å². The lowest BCUT2D eigenvalue weighted by molar-refractivity contribution is -0.124. The van der Waals surface area contributed by atoms with E-state index in [1.807, 2.05) is 43.3 Å². The molecule has 0 aliphatic heterocycles. The fourth-order valence-electron chi connectivity index (χ4n) is 2.00. The van der Waals surface area contributed by atoms with Gasteiger partial charge in [-0.25, -0.2) is 4.79 Å². The van der Waals surface area contributed by atoms with Crippen LogP contribution in [0.2, 0.25) is 0 Å². The van der Waals surface area contributed by atoms with Crippen molar-refractivity contribution < 1.29 is 14.3 Å². The number of hydrogen-bond acceptors (Lipinski definition) is 4. The third-order valence-electron chi connectivity index (χ3n) is 3.37. The zero-order valence-electron chi connectivity index (χ0n) is 13.6. The number of amides is 1. The molecule has 0 aliphatic rings. The van der Waals surface area contributed by atoms with Gasteiger partial charge in [-0.05, 0) is 45.8 Å². The number of carbonyl (C=O) groups is 2. The number of benzene rings is 2. The molecule has 2 aromatic rings.